The number of hydrogen-bond acceptors (Lipinski definition) is 3. The van der Waals surface area contributed by atoms with Crippen molar-refractivity contribution < 1.29 is 76.1 Å². The molecule has 1 aliphatic carbocycles. The summed E-state index contributed by atoms with van der Waals surface area (Å²) in [6, 6.07) is 0. The Morgan fingerprint density at radius 3 is 1.40 bits per heavy atom. The maximum absolute atomic E-state index is 10.6. The maximum Gasteiger partial charge on any atom is 0 e. The van der Waals surface area contributed by atoms with Gasteiger partial charge in [-0.3, -0.25) is 0 Å². The number of rotatable bonds is 1. The summed E-state index contributed by atoms with van der Waals surface area (Å²) in [5, 5.41) is 9.16. The van der Waals surface area contributed by atoms with Crippen LogP contribution in [0.3, 0.4) is 0 Å². The first-order chi connectivity index (χ1) is 11.2. The van der Waals surface area contributed by atoms with Crippen LogP contribution in [0.15, 0.2) is 0 Å². The first-order valence-corrected chi connectivity index (χ1v) is 4.81. The number of aliphatic hydroxyl groups is 1. The Bertz CT molecular complexity index is 400. The molecule has 2 radical (unpaired) electrons. The molecule has 0 aromatic heterocycles. The van der Waals surface area contributed by atoms with E-state index in [9.17, 15) is 4.79 Å². The molecule has 9 nitrogen and oxygen atoms in total. The van der Waals surface area contributed by atoms with Crippen LogP contribution in [-0.2, 0) is 71.0 Å². The second kappa shape index (κ2) is 57.1. The fourth-order valence-corrected chi connectivity index (χ4v) is 0.578. The van der Waals surface area contributed by atoms with Crippen LogP contribution in [0, 0.1) is 51.7 Å². The summed E-state index contributed by atoms with van der Waals surface area (Å²) < 4.78 is 49.5. The third-order valence-corrected chi connectivity index (χ3v) is 1.40. The minimum Gasteiger partial charge on any atom is 0 e. The fraction of sp³-hybridized carbons (Fsp3) is 0.357. The van der Waals surface area contributed by atoms with Crippen LogP contribution in [0.4, 0.5) is 0 Å². The molecule has 0 saturated heterocycles. The minimum absolute atomic E-state index is 0. The third-order valence-electron chi connectivity index (χ3n) is 1.40. The van der Waals surface area contributed by atoms with E-state index in [1.54, 1.807) is 6.92 Å². The van der Waals surface area contributed by atoms with Gasteiger partial charge in [0.15, 0.2) is 0 Å². The number of carbonyl (C=O) groups is 1. The van der Waals surface area contributed by atoms with Gasteiger partial charge in [-0.1, -0.05) is 5.92 Å². The topological polar surface area (TPSA) is 166 Å². The van der Waals surface area contributed by atoms with Crippen molar-refractivity contribution in [3.8, 4) is 11.8 Å². The molecule has 11 heteroatoms. The monoisotopic (exact) mass is 440 g/mol. The van der Waals surface area contributed by atoms with Crippen molar-refractivity contribution in [2.45, 2.75) is 25.4 Å². The van der Waals surface area contributed by atoms with Crippen LogP contribution in [0.2, 0.25) is 0 Å². The van der Waals surface area contributed by atoms with Crippen LogP contribution < -0.4 is 0 Å². The number of carbonyl (C=O) groups excluding carboxylic acids is 1. The first-order valence-electron chi connectivity index (χ1n) is 4.81. The molecule has 0 heterocycles. The predicted molar refractivity (Wildman–Crippen MR) is 62.2 cm³/mol. The van der Waals surface area contributed by atoms with E-state index in [4.69, 9.17) is 33.0 Å². The Balaban J connectivity index is -0.0000000297. The molecule has 1 rings (SSSR count). The maximum atomic E-state index is 10.6. The molecule has 0 spiro atoms. The number of esters is 1. The summed E-state index contributed by atoms with van der Waals surface area (Å²) in [5.74, 6) is 4.11. The Morgan fingerprint density at radius 1 is 0.920 bits per heavy atom. The summed E-state index contributed by atoms with van der Waals surface area (Å²) in [7, 11) is 0. The zero-order valence-corrected chi connectivity index (χ0v) is 14.6. The van der Waals surface area contributed by atoms with Gasteiger partial charge in [0.2, 0.25) is 0 Å². The van der Waals surface area contributed by atoms with Crippen LogP contribution in [0.1, 0.15) is 19.8 Å². The van der Waals surface area contributed by atoms with Crippen LogP contribution in [0.5, 0.6) is 0 Å². The van der Waals surface area contributed by atoms with Gasteiger partial charge >= 0.3 is 73.8 Å². The van der Waals surface area contributed by atoms with E-state index in [-0.39, 0.29) is 33.6 Å². The van der Waals surface area contributed by atoms with E-state index >= 15 is 0 Å². The van der Waals surface area contributed by atoms with E-state index in [0.717, 1.165) is 0 Å². The van der Waals surface area contributed by atoms with Gasteiger partial charge in [-0.25, -0.2) is 4.79 Å². The molecule has 0 bridgehead atoms. The van der Waals surface area contributed by atoms with Gasteiger partial charge in [0.05, 0.1) is 6.61 Å². The van der Waals surface area contributed by atoms with Crippen LogP contribution in [0.25, 0.3) is 0 Å². The van der Waals surface area contributed by atoms with Gasteiger partial charge in [-0.15, -0.1) is 0 Å². The van der Waals surface area contributed by atoms with Gasteiger partial charge in [0.25, 0.3) is 0 Å². The average Bonchev–Trinajstić information content (AvgIpc) is 3.42. The Labute approximate surface area is 166 Å². The van der Waals surface area contributed by atoms with Gasteiger partial charge in [-0.05, 0) is 19.8 Å². The van der Waals surface area contributed by atoms with Crippen molar-refractivity contribution >= 4 is 5.97 Å². The van der Waals surface area contributed by atoms with Gasteiger partial charge < -0.3 is 9.84 Å². The van der Waals surface area contributed by atoms with E-state index in [1.807, 2.05) is 0 Å². The largest absolute Gasteiger partial charge is 0 e. The van der Waals surface area contributed by atoms with Crippen molar-refractivity contribution in [1.29, 1.82) is 0 Å². The normalized spacial score (nSPS) is 8.40. The molecule has 1 N–H and O–H groups in total. The molecule has 138 valence electrons. The predicted octanol–water partition coefficient (Wildman–Crippen LogP) is -0.152. The number of hydrogen-bond donors (Lipinski definition) is 1. The van der Waals surface area contributed by atoms with Gasteiger partial charge in [0, 0.05) is 39.5 Å². The van der Waals surface area contributed by atoms with Crippen molar-refractivity contribution in [3.05, 3.63) is 39.9 Å². The smallest absolute Gasteiger partial charge is 0 e. The molecular weight excluding hydrogens is 430 g/mol. The minimum atomic E-state index is -0.882. The molecule has 1 fully saturated rings. The Morgan fingerprint density at radius 2 is 1.20 bits per heavy atom. The van der Waals surface area contributed by atoms with E-state index in [0.29, 0.717) is 19.4 Å². The molecule has 0 aromatic carbocycles. The first kappa shape index (κ1) is 49.5. The third kappa shape index (κ3) is 60.6. The summed E-state index contributed by atoms with van der Waals surface area (Å²) in [6.07, 6.45) is 1.33. The average molecular weight is 440 g/mol. The fourth-order valence-electron chi connectivity index (χ4n) is 0.578. The standard InChI is InChI=1S/C8H10O3.6CO.2Co/c1-2-11-7(9)3-4-8(10)5-6-8;6*1-2;;/h10H,2,5-6H2,1H3;;;;;;;;. The van der Waals surface area contributed by atoms with Gasteiger partial charge in [0.1, 0.15) is 5.60 Å². The van der Waals surface area contributed by atoms with E-state index < -0.39 is 11.6 Å². The second-order valence-corrected chi connectivity index (χ2v) is 2.50. The quantitative estimate of drug-likeness (QED) is 0.197. The Kier molecular flexibility index (Phi) is 113. The van der Waals surface area contributed by atoms with Crippen molar-refractivity contribution in [1.82, 2.24) is 0 Å². The molecule has 0 atom stereocenters. The van der Waals surface area contributed by atoms with Crippen LogP contribution >= 0.6 is 0 Å². The molecule has 0 aromatic rings. The van der Waals surface area contributed by atoms with E-state index in [1.165, 1.54) is 0 Å². The van der Waals surface area contributed by atoms with Gasteiger partial charge in [-0.2, -0.15) is 0 Å². The summed E-state index contributed by atoms with van der Waals surface area (Å²) in [5.41, 5.74) is -0.882. The zero-order chi connectivity index (χ0) is 20.3. The molecule has 0 aliphatic heterocycles. The SMILES string of the molecule is CCOC(=O)C#CC1(O)CC1.[C-]#[O+].[C-]#[O+].[C-]#[O+].[C-]#[O+].[C-]#[O+].[C-]#[O+].[Co].[Co]. The number of ether oxygens (including phenoxy) is 1. The van der Waals surface area contributed by atoms with Crippen molar-refractivity contribution in [2.24, 2.45) is 0 Å². The summed E-state index contributed by atoms with van der Waals surface area (Å²) in [6.45, 7) is 29.0. The second-order valence-electron chi connectivity index (χ2n) is 2.50. The zero-order valence-electron chi connectivity index (χ0n) is 12.5. The molecule has 25 heavy (non-hydrogen) atoms. The van der Waals surface area contributed by atoms with E-state index in [2.05, 4.69) is 56.5 Å². The van der Waals surface area contributed by atoms with Crippen molar-refractivity contribution in [3.63, 3.8) is 0 Å². The molecule has 0 amide bonds. The molecule has 0 unspecified atom stereocenters. The molecule has 1 aliphatic rings. The van der Waals surface area contributed by atoms with Crippen LogP contribution in [-0.4, -0.2) is 23.3 Å². The Hall–Kier alpha value is -1.56. The molecule has 1 saturated carbocycles. The molecular formula is C14H10Co2O9. The summed E-state index contributed by atoms with van der Waals surface area (Å²) in [4.78, 5) is 10.6. The van der Waals surface area contributed by atoms with Crippen molar-refractivity contribution in [2.75, 3.05) is 6.61 Å². The summed E-state index contributed by atoms with van der Waals surface area (Å²) >= 11 is 0.